The number of anilines is 1. The fraction of sp³-hybridized carbons (Fsp3) is 0.750. The molecule has 2 saturated heterocycles. The average molecular weight is 289 g/mol. The Morgan fingerprint density at radius 1 is 1.19 bits per heavy atom. The number of nitrogens with one attached hydrogen (secondary N) is 1. The first-order chi connectivity index (χ1) is 10.3. The highest BCUT2D eigenvalue weighted by molar-refractivity contribution is 5.29. The number of hydrogen-bond acceptors (Lipinski definition) is 5. The second kappa shape index (κ2) is 6.71. The van der Waals surface area contributed by atoms with Gasteiger partial charge >= 0.3 is 0 Å². The summed E-state index contributed by atoms with van der Waals surface area (Å²) < 4.78 is 0. The van der Waals surface area contributed by atoms with Gasteiger partial charge < -0.3 is 10.2 Å². The summed E-state index contributed by atoms with van der Waals surface area (Å²) in [5.74, 6) is 0.878. The van der Waals surface area contributed by atoms with E-state index in [2.05, 4.69) is 32.0 Å². The van der Waals surface area contributed by atoms with Crippen LogP contribution in [-0.4, -0.2) is 60.7 Å². The van der Waals surface area contributed by atoms with Crippen molar-refractivity contribution in [1.82, 2.24) is 20.2 Å². The molecule has 2 fully saturated rings. The van der Waals surface area contributed by atoms with Crippen LogP contribution in [-0.2, 0) is 0 Å². The van der Waals surface area contributed by atoms with E-state index >= 15 is 0 Å². The Balaban J connectivity index is 1.53. The van der Waals surface area contributed by atoms with E-state index in [9.17, 15) is 0 Å². The SMILES string of the molecule is CCCC1(CN2CCN(c3ncccn3)CC2)CCNC1. The minimum atomic E-state index is 0.514. The molecule has 21 heavy (non-hydrogen) atoms. The zero-order valence-electron chi connectivity index (χ0n) is 13.1. The molecule has 1 aromatic rings. The Bertz CT molecular complexity index is 422. The highest BCUT2D eigenvalue weighted by atomic mass is 15.3. The lowest BCUT2D eigenvalue weighted by molar-refractivity contribution is 0.145. The predicted octanol–water partition coefficient (Wildman–Crippen LogP) is 1.38. The molecule has 2 aliphatic heterocycles. The standard InChI is InChI=1S/C16H27N5/c1-2-4-16(5-8-17-13-16)14-20-9-11-21(12-10-20)15-18-6-3-7-19-15/h3,6-7,17H,2,4-5,8-14H2,1H3. The van der Waals surface area contributed by atoms with Crippen molar-refractivity contribution >= 4 is 5.95 Å². The lowest BCUT2D eigenvalue weighted by Crippen LogP contribution is -2.50. The highest BCUT2D eigenvalue weighted by Gasteiger charge is 2.35. The van der Waals surface area contributed by atoms with Crippen LogP contribution in [0.15, 0.2) is 18.5 Å². The van der Waals surface area contributed by atoms with Crippen molar-refractivity contribution in [2.75, 3.05) is 50.7 Å². The normalized spacial score (nSPS) is 27.2. The zero-order chi connectivity index (χ0) is 14.5. The van der Waals surface area contributed by atoms with Gasteiger partial charge in [0.15, 0.2) is 0 Å². The minimum absolute atomic E-state index is 0.514. The van der Waals surface area contributed by atoms with E-state index in [1.807, 2.05) is 18.5 Å². The molecule has 5 heteroatoms. The van der Waals surface area contributed by atoms with Crippen molar-refractivity contribution in [3.05, 3.63) is 18.5 Å². The Morgan fingerprint density at radius 3 is 2.57 bits per heavy atom. The molecule has 3 heterocycles. The van der Waals surface area contributed by atoms with Gasteiger partial charge in [-0.25, -0.2) is 9.97 Å². The third-order valence-electron chi connectivity index (χ3n) is 4.88. The summed E-state index contributed by atoms with van der Waals surface area (Å²) >= 11 is 0. The van der Waals surface area contributed by atoms with Crippen molar-refractivity contribution in [3.63, 3.8) is 0 Å². The second-order valence-corrected chi connectivity index (χ2v) is 6.49. The largest absolute Gasteiger partial charge is 0.338 e. The fourth-order valence-electron chi connectivity index (χ4n) is 3.79. The Morgan fingerprint density at radius 2 is 1.95 bits per heavy atom. The van der Waals surface area contributed by atoms with Crippen molar-refractivity contribution in [3.8, 4) is 0 Å². The van der Waals surface area contributed by atoms with Crippen LogP contribution in [0.2, 0.25) is 0 Å². The maximum atomic E-state index is 4.36. The molecule has 1 N–H and O–H groups in total. The van der Waals surface area contributed by atoms with E-state index < -0.39 is 0 Å². The molecule has 1 atom stereocenters. The number of hydrogen-bond donors (Lipinski definition) is 1. The van der Waals surface area contributed by atoms with Gasteiger partial charge in [-0.3, -0.25) is 4.90 Å². The smallest absolute Gasteiger partial charge is 0.225 e. The summed E-state index contributed by atoms with van der Waals surface area (Å²) in [4.78, 5) is 13.7. The van der Waals surface area contributed by atoms with Gasteiger partial charge in [-0.1, -0.05) is 13.3 Å². The molecule has 0 saturated carbocycles. The Kier molecular flexibility index (Phi) is 4.70. The number of aromatic nitrogens is 2. The first kappa shape index (κ1) is 14.7. The summed E-state index contributed by atoms with van der Waals surface area (Å²) in [6, 6.07) is 1.88. The van der Waals surface area contributed by atoms with Gasteiger partial charge in [-0.15, -0.1) is 0 Å². The molecule has 0 aliphatic carbocycles. The van der Waals surface area contributed by atoms with Gasteiger partial charge in [0.25, 0.3) is 0 Å². The Labute approximate surface area is 127 Å². The second-order valence-electron chi connectivity index (χ2n) is 6.49. The van der Waals surface area contributed by atoms with Crippen LogP contribution in [0, 0.1) is 5.41 Å². The molecule has 2 aliphatic rings. The van der Waals surface area contributed by atoms with E-state index in [0.717, 1.165) is 32.1 Å². The molecule has 1 aromatic heterocycles. The van der Waals surface area contributed by atoms with Gasteiger partial charge in [0.1, 0.15) is 0 Å². The predicted molar refractivity (Wildman–Crippen MR) is 85.5 cm³/mol. The molecule has 0 bridgehead atoms. The maximum absolute atomic E-state index is 4.36. The van der Waals surface area contributed by atoms with E-state index in [4.69, 9.17) is 0 Å². The lowest BCUT2D eigenvalue weighted by Gasteiger charge is -2.40. The zero-order valence-corrected chi connectivity index (χ0v) is 13.1. The molecular formula is C16H27N5. The van der Waals surface area contributed by atoms with Gasteiger partial charge in [0.2, 0.25) is 5.95 Å². The molecule has 0 radical (unpaired) electrons. The molecule has 0 aromatic carbocycles. The molecule has 1 unspecified atom stereocenters. The summed E-state index contributed by atoms with van der Waals surface area (Å²) in [6.07, 6.45) is 7.63. The lowest BCUT2D eigenvalue weighted by atomic mass is 9.82. The van der Waals surface area contributed by atoms with Gasteiger partial charge in [0.05, 0.1) is 0 Å². The van der Waals surface area contributed by atoms with Crippen molar-refractivity contribution in [2.24, 2.45) is 5.41 Å². The third-order valence-corrected chi connectivity index (χ3v) is 4.88. The van der Waals surface area contributed by atoms with Crippen LogP contribution >= 0.6 is 0 Å². The Hall–Kier alpha value is -1.20. The van der Waals surface area contributed by atoms with Gasteiger partial charge in [-0.2, -0.15) is 0 Å². The molecular weight excluding hydrogens is 262 g/mol. The van der Waals surface area contributed by atoms with E-state index in [1.54, 1.807) is 0 Å². The van der Waals surface area contributed by atoms with Crippen LogP contribution < -0.4 is 10.2 Å². The van der Waals surface area contributed by atoms with Crippen LogP contribution in [0.3, 0.4) is 0 Å². The summed E-state index contributed by atoms with van der Waals surface area (Å²) in [7, 11) is 0. The summed E-state index contributed by atoms with van der Waals surface area (Å²) in [5, 5.41) is 3.57. The molecule has 5 nitrogen and oxygen atoms in total. The topological polar surface area (TPSA) is 44.3 Å². The quantitative estimate of drug-likeness (QED) is 0.887. The highest BCUT2D eigenvalue weighted by Crippen LogP contribution is 2.32. The molecule has 116 valence electrons. The number of nitrogens with zero attached hydrogens (tertiary/aromatic N) is 4. The van der Waals surface area contributed by atoms with Gasteiger partial charge in [0, 0.05) is 51.7 Å². The summed E-state index contributed by atoms with van der Waals surface area (Å²) in [5.41, 5.74) is 0.514. The molecule has 0 amide bonds. The first-order valence-electron chi connectivity index (χ1n) is 8.26. The third kappa shape index (κ3) is 3.52. The fourth-order valence-corrected chi connectivity index (χ4v) is 3.79. The minimum Gasteiger partial charge on any atom is -0.338 e. The van der Waals surface area contributed by atoms with Gasteiger partial charge in [-0.05, 0) is 30.9 Å². The van der Waals surface area contributed by atoms with E-state index in [0.29, 0.717) is 5.41 Å². The van der Waals surface area contributed by atoms with E-state index in [-0.39, 0.29) is 0 Å². The average Bonchev–Trinajstić information content (AvgIpc) is 2.98. The van der Waals surface area contributed by atoms with Crippen LogP contribution in [0.25, 0.3) is 0 Å². The number of piperazine rings is 1. The van der Waals surface area contributed by atoms with Crippen LogP contribution in [0.4, 0.5) is 5.95 Å². The maximum Gasteiger partial charge on any atom is 0.225 e. The van der Waals surface area contributed by atoms with E-state index in [1.165, 1.54) is 38.9 Å². The van der Waals surface area contributed by atoms with Crippen LogP contribution in [0.5, 0.6) is 0 Å². The summed E-state index contributed by atoms with van der Waals surface area (Å²) in [6.45, 7) is 10.3. The van der Waals surface area contributed by atoms with Crippen molar-refractivity contribution in [2.45, 2.75) is 26.2 Å². The van der Waals surface area contributed by atoms with Crippen molar-refractivity contribution in [1.29, 1.82) is 0 Å². The molecule has 3 rings (SSSR count). The monoisotopic (exact) mass is 289 g/mol. The van der Waals surface area contributed by atoms with Crippen molar-refractivity contribution < 1.29 is 0 Å². The molecule has 0 spiro atoms. The first-order valence-corrected chi connectivity index (χ1v) is 8.26. The van der Waals surface area contributed by atoms with Crippen LogP contribution in [0.1, 0.15) is 26.2 Å². The number of rotatable bonds is 5.